The number of hydrogen-bond acceptors (Lipinski definition) is 5. The highest BCUT2D eigenvalue weighted by Gasteiger charge is 2.22. The molecule has 1 aliphatic carbocycles. The molecule has 0 saturated carbocycles. The molecule has 0 aliphatic heterocycles. The van der Waals surface area contributed by atoms with Gasteiger partial charge in [-0.2, -0.15) is 4.98 Å². The van der Waals surface area contributed by atoms with E-state index >= 15 is 0 Å². The van der Waals surface area contributed by atoms with Gasteiger partial charge in [0.15, 0.2) is 0 Å². The molecule has 1 aromatic heterocycles. The summed E-state index contributed by atoms with van der Waals surface area (Å²) >= 11 is 13.2. The second-order valence-corrected chi connectivity index (χ2v) is 8.90. The molecule has 0 spiro atoms. The molecule has 1 aliphatic rings. The second-order valence-electron chi connectivity index (χ2n) is 7.12. The molecule has 0 atom stereocenters. The number of thioether (sulfide) groups is 1. The van der Waals surface area contributed by atoms with Gasteiger partial charge in [0.25, 0.3) is 0 Å². The van der Waals surface area contributed by atoms with E-state index in [9.17, 15) is 9.59 Å². The molecule has 0 bridgehead atoms. The number of nitrogens with one attached hydrogen (secondary N) is 1. The number of aromatic nitrogens is 2. The van der Waals surface area contributed by atoms with Crippen molar-refractivity contribution in [2.24, 2.45) is 0 Å². The van der Waals surface area contributed by atoms with Gasteiger partial charge >= 0.3 is 5.69 Å². The molecule has 0 fully saturated rings. The van der Waals surface area contributed by atoms with Crippen molar-refractivity contribution in [2.45, 2.75) is 44.7 Å². The average Bonchev–Trinajstić information content (AvgIpc) is 3.21. The van der Waals surface area contributed by atoms with Gasteiger partial charge < -0.3 is 10.2 Å². The molecule has 162 valence electrons. The van der Waals surface area contributed by atoms with Gasteiger partial charge in [-0.1, -0.05) is 48.8 Å². The van der Waals surface area contributed by atoms with Crippen molar-refractivity contribution in [3.8, 4) is 0 Å². The zero-order valence-electron chi connectivity index (χ0n) is 17.2. The largest absolute Gasteiger partial charge is 0.348 e. The molecular formula is C21H26Cl2N4O2S. The minimum absolute atomic E-state index is 0.169. The summed E-state index contributed by atoms with van der Waals surface area (Å²) in [6.45, 7) is 7.65. The van der Waals surface area contributed by atoms with Crippen LogP contribution in [0.25, 0.3) is 0 Å². The zero-order chi connectivity index (χ0) is 21.7. The van der Waals surface area contributed by atoms with Gasteiger partial charge in [-0.3, -0.25) is 9.36 Å². The first-order valence-corrected chi connectivity index (χ1v) is 11.9. The lowest BCUT2D eigenvalue weighted by Crippen LogP contribution is -2.34. The second kappa shape index (κ2) is 10.7. The van der Waals surface area contributed by atoms with Gasteiger partial charge in [-0.05, 0) is 50.6 Å². The summed E-state index contributed by atoms with van der Waals surface area (Å²) in [5.74, 6) is -0.0135. The quantitative estimate of drug-likeness (QED) is 0.442. The first-order valence-electron chi connectivity index (χ1n) is 10.2. The van der Waals surface area contributed by atoms with E-state index in [0.717, 1.165) is 50.2 Å². The van der Waals surface area contributed by atoms with Crippen LogP contribution in [-0.2, 0) is 24.2 Å². The Morgan fingerprint density at radius 1 is 1.23 bits per heavy atom. The van der Waals surface area contributed by atoms with Crippen molar-refractivity contribution in [1.82, 2.24) is 14.5 Å². The third kappa shape index (κ3) is 5.58. The standard InChI is InChI=1S/C21H26Cl2N4O2S/c1-3-26(4-2)10-11-27-18-7-5-6-15(18)20(25-21(27)29)30-13-19(28)24-14-8-9-16(22)17(23)12-14/h8-9,12H,3-7,10-11,13H2,1-2H3,(H,24,28). The van der Waals surface area contributed by atoms with Crippen LogP contribution in [0.1, 0.15) is 31.5 Å². The van der Waals surface area contributed by atoms with Crippen LogP contribution >= 0.6 is 35.0 Å². The number of fused-ring (bicyclic) bond motifs is 1. The maximum Gasteiger partial charge on any atom is 0.348 e. The molecule has 6 nitrogen and oxygen atoms in total. The number of anilines is 1. The zero-order valence-corrected chi connectivity index (χ0v) is 19.5. The molecule has 3 rings (SSSR count). The SMILES string of the molecule is CCN(CC)CCn1c2c(c(SCC(=O)Nc3ccc(Cl)c(Cl)c3)nc1=O)CCC2. The number of likely N-dealkylation sites (N-methyl/N-ethyl adjacent to an activating group) is 1. The van der Waals surface area contributed by atoms with E-state index in [1.807, 2.05) is 4.57 Å². The fourth-order valence-electron chi connectivity index (χ4n) is 3.62. The maximum atomic E-state index is 12.7. The van der Waals surface area contributed by atoms with Crippen LogP contribution in [0, 0.1) is 0 Å². The Kier molecular flexibility index (Phi) is 8.22. The van der Waals surface area contributed by atoms with Gasteiger partial charge in [0.05, 0.1) is 15.8 Å². The van der Waals surface area contributed by atoms with Crippen molar-refractivity contribution >= 4 is 46.6 Å². The molecule has 0 unspecified atom stereocenters. The Balaban J connectivity index is 1.68. The van der Waals surface area contributed by atoms with E-state index in [1.165, 1.54) is 11.8 Å². The number of nitrogens with zero attached hydrogens (tertiary/aromatic N) is 3. The van der Waals surface area contributed by atoms with E-state index in [-0.39, 0.29) is 17.3 Å². The number of amides is 1. The van der Waals surface area contributed by atoms with Gasteiger partial charge in [0.1, 0.15) is 5.03 Å². The molecular weight excluding hydrogens is 443 g/mol. The van der Waals surface area contributed by atoms with Crippen molar-refractivity contribution in [1.29, 1.82) is 0 Å². The molecule has 1 aromatic carbocycles. The van der Waals surface area contributed by atoms with Crippen molar-refractivity contribution in [2.75, 3.05) is 30.7 Å². The smallest absolute Gasteiger partial charge is 0.325 e. The number of carbonyl (C=O) groups excluding carboxylic acids is 1. The predicted molar refractivity (Wildman–Crippen MR) is 124 cm³/mol. The minimum atomic E-state index is -0.227. The Hall–Kier alpha value is -1.54. The number of carbonyl (C=O) groups is 1. The van der Waals surface area contributed by atoms with E-state index in [4.69, 9.17) is 23.2 Å². The Morgan fingerprint density at radius 2 is 2.00 bits per heavy atom. The van der Waals surface area contributed by atoms with Gasteiger partial charge in [0.2, 0.25) is 5.91 Å². The molecule has 0 saturated heterocycles. The average molecular weight is 469 g/mol. The van der Waals surface area contributed by atoms with E-state index < -0.39 is 0 Å². The molecule has 1 heterocycles. The van der Waals surface area contributed by atoms with E-state index in [0.29, 0.717) is 27.3 Å². The monoisotopic (exact) mass is 468 g/mol. The number of rotatable bonds is 9. The molecule has 1 N–H and O–H groups in total. The number of benzene rings is 1. The molecule has 2 aromatic rings. The first kappa shape index (κ1) is 23.1. The van der Waals surface area contributed by atoms with Crippen LogP contribution < -0.4 is 11.0 Å². The van der Waals surface area contributed by atoms with Gasteiger partial charge in [0, 0.05) is 30.0 Å². The lowest BCUT2D eigenvalue weighted by atomic mass is 10.2. The predicted octanol–water partition coefficient (Wildman–Crippen LogP) is 4.11. The van der Waals surface area contributed by atoms with Crippen LogP contribution in [0.15, 0.2) is 28.0 Å². The summed E-state index contributed by atoms with van der Waals surface area (Å²) in [5, 5.41) is 4.30. The summed E-state index contributed by atoms with van der Waals surface area (Å²) in [6.07, 6.45) is 2.79. The van der Waals surface area contributed by atoms with Crippen LogP contribution in [0.4, 0.5) is 5.69 Å². The highest BCUT2D eigenvalue weighted by molar-refractivity contribution is 8.00. The first-order chi connectivity index (χ1) is 14.4. The summed E-state index contributed by atoms with van der Waals surface area (Å²) in [7, 11) is 0. The van der Waals surface area contributed by atoms with E-state index in [2.05, 4.69) is 29.0 Å². The van der Waals surface area contributed by atoms with Gasteiger partial charge in [-0.25, -0.2) is 4.79 Å². The molecule has 1 amide bonds. The highest BCUT2D eigenvalue weighted by Crippen LogP contribution is 2.29. The lowest BCUT2D eigenvalue weighted by Gasteiger charge is -2.20. The molecule has 0 radical (unpaired) electrons. The van der Waals surface area contributed by atoms with Crippen molar-refractivity contribution in [3.63, 3.8) is 0 Å². The summed E-state index contributed by atoms with van der Waals surface area (Å²) in [5.41, 5.74) is 2.55. The Morgan fingerprint density at radius 3 is 2.70 bits per heavy atom. The van der Waals surface area contributed by atoms with Crippen molar-refractivity contribution in [3.05, 3.63) is 50.0 Å². The summed E-state index contributed by atoms with van der Waals surface area (Å²) < 4.78 is 1.82. The topological polar surface area (TPSA) is 67.2 Å². The maximum absolute atomic E-state index is 12.7. The fraction of sp³-hybridized carbons (Fsp3) is 0.476. The molecule has 9 heteroatoms. The highest BCUT2D eigenvalue weighted by atomic mass is 35.5. The number of hydrogen-bond donors (Lipinski definition) is 1. The van der Waals surface area contributed by atoms with E-state index in [1.54, 1.807) is 18.2 Å². The van der Waals surface area contributed by atoms with Crippen LogP contribution in [0.5, 0.6) is 0 Å². The van der Waals surface area contributed by atoms with Crippen molar-refractivity contribution < 1.29 is 4.79 Å². The Bertz CT molecular complexity index is 976. The van der Waals surface area contributed by atoms with Crippen LogP contribution in [0.2, 0.25) is 10.0 Å². The lowest BCUT2D eigenvalue weighted by molar-refractivity contribution is -0.113. The molecule has 30 heavy (non-hydrogen) atoms. The fourth-order valence-corrected chi connectivity index (χ4v) is 4.80. The summed E-state index contributed by atoms with van der Waals surface area (Å²) in [4.78, 5) is 31.6. The summed E-state index contributed by atoms with van der Waals surface area (Å²) in [6, 6.07) is 4.95. The van der Waals surface area contributed by atoms with Gasteiger partial charge in [-0.15, -0.1) is 0 Å². The normalized spacial score (nSPS) is 13.0. The van der Waals surface area contributed by atoms with Crippen LogP contribution in [-0.4, -0.2) is 45.7 Å². The van der Waals surface area contributed by atoms with Crippen LogP contribution in [0.3, 0.4) is 0 Å². The third-order valence-electron chi connectivity index (χ3n) is 5.28. The third-order valence-corrected chi connectivity index (χ3v) is 7.04. The minimum Gasteiger partial charge on any atom is -0.325 e. The number of halogens is 2. The Labute approximate surface area is 191 Å².